The van der Waals surface area contributed by atoms with Gasteiger partial charge in [-0.25, -0.2) is 4.72 Å². The summed E-state index contributed by atoms with van der Waals surface area (Å²) in [6.45, 7) is 3.04. The molecule has 1 aliphatic rings. The van der Waals surface area contributed by atoms with Crippen LogP contribution in [0.3, 0.4) is 0 Å². The van der Waals surface area contributed by atoms with E-state index in [9.17, 15) is 8.42 Å². The van der Waals surface area contributed by atoms with Gasteiger partial charge in [-0.1, -0.05) is 6.92 Å². The van der Waals surface area contributed by atoms with E-state index in [1.54, 1.807) is 0 Å². The maximum Gasteiger partial charge on any atom is 0.279 e. The molecule has 0 spiro atoms. The van der Waals surface area contributed by atoms with Gasteiger partial charge in [0.15, 0.2) is 0 Å². The van der Waals surface area contributed by atoms with E-state index >= 15 is 0 Å². The second-order valence-electron chi connectivity index (χ2n) is 3.50. The maximum absolute atomic E-state index is 11.4. The van der Waals surface area contributed by atoms with Crippen LogP contribution in [0.4, 0.5) is 0 Å². The van der Waals surface area contributed by atoms with Crippen LogP contribution in [-0.4, -0.2) is 38.9 Å². The van der Waals surface area contributed by atoms with E-state index in [2.05, 4.69) is 4.72 Å². The summed E-state index contributed by atoms with van der Waals surface area (Å²) in [6.07, 6.45) is 0.835. The second-order valence-corrected chi connectivity index (χ2v) is 5.37. The van der Waals surface area contributed by atoms with Crippen molar-refractivity contribution >= 4 is 10.2 Å². The van der Waals surface area contributed by atoms with E-state index < -0.39 is 10.2 Å². The van der Waals surface area contributed by atoms with Crippen molar-refractivity contribution in [2.24, 2.45) is 11.7 Å². The Balaban J connectivity index is 2.66. The summed E-state index contributed by atoms with van der Waals surface area (Å²) < 4.78 is 26.4. The van der Waals surface area contributed by atoms with Crippen LogP contribution in [0, 0.1) is 5.92 Å². The maximum atomic E-state index is 11.4. The molecule has 78 valence electrons. The summed E-state index contributed by atoms with van der Waals surface area (Å²) in [6, 6.07) is -0.0446. The highest BCUT2D eigenvalue weighted by Crippen LogP contribution is 2.16. The molecule has 0 bridgehead atoms. The monoisotopic (exact) mass is 207 g/mol. The first kappa shape index (κ1) is 10.9. The fourth-order valence-corrected chi connectivity index (χ4v) is 2.39. The number of nitrogens with zero attached hydrogens (tertiary/aromatic N) is 1. The molecule has 1 saturated heterocycles. The van der Waals surface area contributed by atoms with Crippen molar-refractivity contribution in [3.63, 3.8) is 0 Å². The molecule has 0 radical (unpaired) electrons. The third-order valence-electron chi connectivity index (χ3n) is 2.58. The lowest BCUT2D eigenvalue weighted by molar-refractivity contribution is 0.251. The summed E-state index contributed by atoms with van der Waals surface area (Å²) in [5, 5.41) is 0. The van der Waals surface area contributed by atoms with Crippen molar-refractivity contribution in [2.75, 3.05) is 20.1 Å². The molecule has 13 heavy (non-hydrogen) atoms. The van der Waals surface area contributed by atoms with Crippen LogP contribution in [0.1, 0.15) is 13.3 Å². The van der Waals surface area contributed by atoms with Gasteiger partial charge in [0.2, 0.25) is 0 Å². The zero-order valence-corrected chi connectivity index (χ0v) is 8.84. The Kier molecular flexibility index (Phi) is 3.28. The Hall–Kier alpha value is -0.170. The van der Waals surface area contributed by atoms with E-state index in [0.717, 1.165) is 6.42 Å². The molecule has 1 fully saturated rings. The molecule has 0 saturated carbocycles. The average molecular weight is 207 g/mol. The van der Waals surface area contributed by atoms with Gasteiger partial charge in [-0.2, -0.15) is 12.7 Å². The summed E-state index contributed by atoms with van der Waals surface area (Å²) in [5.74, 6) is 0.406. The number of piperidine rings is 1. The standard InChI is InChI=1S/C7H17N3O2S/c1-6-3-4-10(5-7(6)8)13(11,12)9-2/h6-7,9H,3-5,8H2,1-2H3. The molecule has 0 aromatic carbocycles. The number of nitrogens with two attached hydrogens (primary N) is 1. The van der Waals surface area contributed by atoms with Crippen LogP contribution in [0.25, 0.3) is 0 Å². The van der Waals surface area contributed by atoms with Gasteiger partial charge in [-0.3, -0.25) is 0 Å². The highest BCUT2D eigenvalue weighted by molar-refractivity contribution is 7.87. The van der Waals surface area contributed by atoms with Gasteiger partial charge in [0.05, 0.1) is 0 Å². The van der Waals surface area contributed by atoms with Gasteiger partial charge in [0.25, 0.3) is 10.2 Å². The summed E-state index contributed by atoms with van der Waals surface area (Å²) in [4.78, 5) is 0. The Morgan fingerprint density at radius 3 is 2.62 bits per heavy atom. The molecule has 3 N–H and O–H groups in total. The molecule has 0 aromatic rings. The van der Waals surface area contributed by atoms with Gasteiger partial charge >= 0.3 is 0 Å². The van der Waals surface area contributed by atoms with Crippen LogP contribution in [0.2, 0.25) is 0 Å². The fraction of sp³-hybridized carbons (Fsp3) is 1.00. The van der Waals surface area contributed by atoms with E-state index in [1.807, 2.05) is 6.92 Å². The predicted molar refractivity (Wildman–Crippen MR) is 51.3 cm³/mol. The molecule has 5 nitrogen and oxygen atoms in total. The molecular formula is C7H17N3O2S. The highest BCUT2D eigenvalue weighted by Gasteiger charge is 2.29. The van der Waals surface area contributed by atoms with E-state index in [4.69, 9.17) is 5.73 Å². The van der Waals surface area contributed by atoms with Gasteiger partial charge in [0, 0.05) is 26.2 Å². The number of hydrogen-bond donors (Lipinski definition) is 2. The molecule has 1 heterocycles. The van der Waals surface area contributed by atoms with Crippen LogP contribution in [-0.2, 0) is 10.2 Å². The number of hydrogen-bond acceptors (Lipinski definition) is 3. The van der Waals surface area contributed by atoms with Crippen molar-refractivity contribution in [3.05, 3.63) is 0 Å². The fourth-order valence-electron chi connectivity index (χ4n) is 1.42. The summed E-state index contributed by atoms with van der Waals surface area (Å²) >= 11 is 0. The molecule has 0 aromatic heterocycles. The smallest absolute Gasteiger partial charge is 0.279 e. The van der Waals surface area contributed by atoms with E-state index in [1.165, 1.54) is 11.4 Å². The van der Waals surface area contributed by atoms with E-state index in [0.29, 0.717) is 19.0 Å². The van der Waals surface area contributed by atoms with E-state index in [-0.39, 0.29) is 6.04 Å². The molecule has 0 aliphatic carbocycles. The lowest BCUT2D eigenvalue weighted by Gasteiger charge is -2.33. The topological polar surface area (TPSA) is 75.4 Å². The van der Waals surface area contributed by atoms with Crippen molar-refractivity contribution in [2.45, 2.75) is 19.4 Å². The highest BCUT2D eigenvalue weighted by atomic mass is 32.2. The Labute approximate surface area is 79.5 Å². The Morgan fingerprint density at radius 1 is 1.54 bits per heavy atom. The SMILES string of the molecule is CNS(=O)(=O)N1CCC(C)C(N)C1. The zero-order chi connectivity index (χ0) is 10.1. The van der Waals surface area contributed by atoms with Gasteiger partial charge in [-0.15, -0.1) is 0 Å². The third-order valence-corrected chi connectivity index (χ3v) is 4.10. The Morgan fingerprint density at radius 2 is 2.15 bits per heavy atom. The van der Waals surface area contributed by atoms with Crippen LogP contribution in [0.15, 0.2) is 0 Å². The summed E-state index contributed by atoms with van der Waals surface area (Å²) in [5.41, 5.74) is 5.79. The lowest BCUT2D eigenvalue weighted by Crippen LogP contribution is -2.52. The number of rotatable bonds is 2. The zero-order valence-electron chi connectivity index (χ0n) is 8.03. The predicted octanol–water partition coefficient (Wildman–Crippen LogP) is -0.880. The quantitative estimate of drug-likeness (QED) is 0.617. The van der Waals surface area contributed by atoms with Gasteiger partial charge in [-0.05, 0) is 12.3 Å². The van der Waals surface area contributed by atoms with Crippen molar-refractivity contribution in [1.29, 1.82) is 0 Å². The summed E-state index contributed by atoms with van der Waals surface area (Å²) in [7, 11) is -1.86. The third kappa shape index (κ3) is 2.40. The molecule has 1 aliphatic heterocycles. The normalized spacial score (nSPS) is 31.9. The van der Waals surface area contributed by atoms with Crippen molar-refractivity contribution in [1.82, 2.24) is 9.03 Å². The van der Waals surface area contributed by atoms with Crippen LogP contribution in [0.5, 0.6) is 0 Å². The van der Waals surface area contributed by atoms with Gasteiger partial charge in [0.1, 0.15) is 0 Å². The average Bonchev–Trinajstić information content (AvgIpc) is 2.09. The molecule has 1 rings (SSSR count). The largest absolute Gasteiger partial charge is 0.326 e. The van der Waals surface area contributed by atoms with Crippen LogP contribution >= 0.6 is 0 Å². The minimum absolute atomic E-state index is 0.0446. The first-order valence-corrected chi connectivity index (χ1v) is 5.85. The van der Waals surface area contributed by atoms with Crippen LogP contribution < -0.4 is 10.5 Å². The first-order chi connectivity index (χ1) is 5.97. The molecule has 6 heteroatoms. The molecule has 2 atom stereocenters. The second kappa shape index (κ2) is 3.91. The van der Waals surface area contributed by atoms with Gasteiger partial charge < -0.3 is 5.73 Å². The lowest BCUT2D eigenvalue weighted by atomic mass is 9.96. The molecule has 2 unspecified atom stereocenters. The minimum atomic E-state index is -3.27. The molecule has 0 amide bonds. The first-order valence-electron chi connectivity index (χ1n) is 4.41. The Bertz CT molecular complexity index is 265. The minimum Gasteiger partial charge on any atom is -0.326 e. The van der Waals surface area contributed by atoms with Crippen molar-refractivity contribution < 1.29 is 8.42 Å². The van der Waals surface area contributed by atoms with Crippen molar-refractivity contribution in [3.8, 4) is 0 Å². The number of nitrogens with one attached hydrogen (secondary N) is 1. The molecular weight excluding hydrogens is 190 g/mol.